The minimum Gasteiger partial charge on any atom is -0.342 e. The van der Waals surface area contributed by atoms with Crippen LogP contribution in [0.3, 0.4) is 0 Å². The van der Waals surface area contributed by atoms with Gasteiger partial charge in [-0.3, -0.25) is 9.59 Å². The van der Waals surface area contributed by atoms with Crippen LogP contribution in [0, 0.1) is 5.92 Å². The summed E-state index contributed by atoms with van der Waals surface area (Å²) >= 11 is 1.38. The third-order valence-electron chi connectivity index (χ3n) is 5.22. The number of hydrogen-bond acceptors (Lipinski definition) is 6. The molecule has 1 aliphatic carbocycles. The molecular formula is C20H23N5O2S. The van der Waals surface area contributed by atoms with Crippen LogP contribution in [-0.2, 0) is 4.79 Å². The summed E-state index contributed by atoms with van der Waals surface area (Å²) in [6, 6.07) is 3.22. The number of fused-ring (bicyclic) bond motifs is 1. The number of rotatable bonds is 5. The highest BCUT2D eigenvalue weighted by Gasteiger charge is 2.25. The maximum Gasteiger partial charge on any atom is 0.253 e. The van der Waals surface area contributed by atoms with Crippen LogP contribution < -0.4 is 10.6 Å². The van der Waals surface area contributed by atoms with Crippen molar-refractivity contribution in [3.63, 3.8) is 0 Å². The van der Waals surface area contributed by atoms with Crippen LogP contribution in [0.4, 0.5) is 5.69 Å². The highest BCUT2D eigenvalue weighted by molar-refractivity contribution is 8.00. The van der Waals surface area contributed by atoms with Crippen LogP contribution in [0.15, 0.2) is 35.7 Å². The number of nitrogens with one attached hydrogen (secondary N) is 2. The Kier molecular flexibility index (Phi) is 5.85. The van der Waals surface area contributed by atoms with Crippen molar-refractivity contribution < 1.29 is 9.59 Å². The van der Waals surface area contributed by atoms with Gasteiger partial charge in [-0.05, 0) is 24.5 Å². The first-order valence-electron chi connectivity index (χ1n) is 9.69. The average molecular weight is 398 g/mol. The lowest BCUT2D eigenvalue weighted by Crippen LogP contribution is -2.32. The molecule has 2 aromatic heterocycles. The van der Waals surface area contributed by atoms with Crippen molar-refractivity contribution in [1.82, 2.24) is 20.3 Å². The van der Waals surface area contributed by atoms with Gasteiger partial charge in [0.15, 0.2) is 0 Å². The molecular weight excluding hydrogens is 374 g/mol. The van der Waals surface area contributed by atoms with E-state index in [-0.39, 0.29) is 17.9 Å². The lowest BCUT2D eigenvalue weighted by Gasteiger charge is -2.26. The van der Waals surface area contributed by atoms with E-state index in [4.69, 9.17) is 0 Å². The monoisotopic (exact) mass is 397 g/mol. The quantitative estimate of drug-likeness (QED) is 0.803. The molecule has 0 aromatic carbocycles. The van der Waals surface area contributed by atoms with Gasteiger partial charge in [-0.15, -0.1) is 0 Å². The van der Waals surface area contributed by atoms with E-state index in [9.17, 15) is 9.59 Å². The lowest BCUT2D eigenvalue weighted by molar-refractivity contribution is -0.113. The minimum absolute atomic E-state index is 0.0790. The predicted octanol–water partition coefficient (Wildman–Crippen LogP) is 3.36. The van der Waals surface area contributed by atoms with Gasteiger partial charge in [0, 0.05) is 18.6 Å². The molecule has 1 saturated carbocycles. The van der Waals surface area contributed by atoms with E-state index in [1.807, 2.05) is 0 Å². The van der Waals surface area contributed by atoms with Crippen molar-refractivity contribution in [2.24, 2.45) is 5.92 Å². The van der Waals surface area contributed by atoms with Gasteiger partial charge in [-0.25, -0.2) is 15.0 Å². The van der Waals surface area contributed by atoms with E-state index < -0.39 is 0 Å². The number of amides is 2. The Bertz CT molecular complexity index is 855. The van der Waals surface area contributed by atoms with Crippen LogP contribution in [-0.4, -0.2) is 32.5 Å². The molecule has 0 radical (unpaired) electrons. The lowest BCUT2D eigenvalue weighted by atomic mass is 9.84. The van der Waals surface area contributed by atoms with E-state index in [0.717, 1.165) is 11.4 Å². The van der Waals surface area contributed by atoms with E-state index in [1.54, 1.807) is 30.7 Å². The maximum atomic E-state index is 12.9. The molecule has 8 heteroatoms. The van der Waals surface area contributed by atoms with Crippen molar-refractivity contribution in [2.75, 3.05) is 11.1 Å². The van der Waals surface area contributed by atoms with Crippen molar-refractivity contribution in [3.8, 4) is 0 Å². The van der Waals surface area contributed by atoms with Crippen LogP contribution in [0.5, 0.6) is 0 Å². The van der Waals surface area contributed by atoms with Gasteiger partial charge in [0.05, 0.1) is 23.0 Å². The molecule has 2 aliphatic rings. The van der Waals surface area contributed by atoms with Crippen LogP contribution in [0.1, 0.15) is 60.7 Å². The molecule has 146 valence electrons. The van der Waals surface area contributed by atoms with Gasteiger partial charge < -0.3 is 10.6 Å². The van der Waals surface area contributed by atoms with Gasteiger partial charge in [-0.2, -0.15) is 0 Å². The van der Waals surface area contributed by atoms with E-state index in [2.05, 4.69) is 25.6 Å². The Balaban J connectivity index is 1.51. The summed E-state index contributed by atoms with van der Waals surface area (Å²) in [6.07, 6.45) is 11.9. The second-order valence-corrected chi connectivity index (χ2v) is 8.25. The smallest absolute Gasteiger partial charge is 0.253 e. The van der Waals surface area contributed by atoms with Crippen molar-refractivity contribution >= 4 is 29.3 Å². The van der Waals surface area contributed by atoms with Crippen LogP contribution >= 0.6 is 11.8 Å². The Morgan fingerprint density at radius 2 is 2.00 bits per heavy atom. The Labute approximate surface area is 168 Å². The predicted molar refractivity (Wildman–Crippen MR) is 107 cm³/mol. The normalized spacial score (nSPS) is 18.1. The zero-order valence-electron chi connectivity index (χ0n) is 15.6. The number of pyridine rings is 1. The molecule has 1 aliphatic heterocycles. The summed E-state index contributed by atoms with van der Waals surface area (Å²) in [7, 11) is 0. The fourth-order valence-electron chi connectivity index (χ4n) is 3.82. The molecule has 3 heterocycles. The van der Waals surface area contributed by atoms with Gasteiger partial charge >= 0.3 is 0 Å². The summed E-state index contributed by atoms with van der Waals surface area (Å²) in [5.74, 6) is 1.25. The van der Waals surface area contributed by atoms with Gasteiger partial charge in [0.25, 0.3) is 5.91 Å². The highest BCUT2D eigenvalue weighted by Crippen LogP contribution is 2.32. The number of carbonyl (C=O) groups is 2. The maximum absolute atomic E-state index is 12.9. The molecule has 0 bridgehead atoms. The molecule has 28 heavy (non-hydrogen) atoms. The number of anilines is 1. The number of carbonyl (C=O) groups excluding carboxylic acids is 2. The SMILES string of the molecule is O=C1CSc2ncc(C(=O)NC(CC3CCCCC3)c3ncccn3)cc2N1. The van der Waals surface area contributed by atoms with Crippen LogP contribution in [0.2, 0.25) is 0 Å². The number of thioether (sulfide) groups is 1. The molecule has 7 nitrogen and oxygen atoms in total. The number of hydrogen-bond donors (Lipinski definition) is 2. The Morgan fingerprint density at radius 1 is 1.21 bits per heavy atom. The summed E-state index contributed by atoms with van der Waals surface area (Å²) in [4.78, 5) is 37.6. The molecule has 2 amide bonds. The first-order chi connectivity index (χ1) is 13.7. The summed E-state index contributed by atoms with van der Waals surface area (Å²) in [5, 5.41) is 6.61. The van der Waals surface area contributed by atoms with Crippen molar-refractivity contribution in [1.29, 1.82) is 0 Å². The topological polar surface area (TPSA) is 96.9 Å². The standard InChI is InChI=1S/C20H23N5O2S/c26-17-12-28-20-16(24-17)10-14(11-23-20)19(27)25-15(18-21-7-4-8-22-18)9-13-5-2-1-3-6-13/h4,7-8,10-11,13,15H,1-3,5-6,9,12H2,(H,24,26)(H,25,27). The fourth-order valence-corrected chi connectivity index (χ4v) is 4.55. The zero-order valence-corrected chi connectivity index (χ0v) is 16.4. The molecule has 4 rings (SSSR count). The first kappa shape index (κ1) is 18.9. The molecule has 1 unspecified atom stereocenters. The number of nitrogens with zero attached hydrogens (tertiary/aromatic N) is 3. The van der Waals surface area contributed by atoms with E-state index in [1.165, 1.54) is 43.9 Å². The summed E-state index contributed by atoms with van der Waals surface area (Å²) in [6.45, 7) is 0. The van der Waals surface area contributed by atoms with E-state index in [0.29, 0.717) is 28.7 Å². The third-order valence-corrected chi connectivity index (χ3v) is 6.23. The molecule has 0 saturated heterocycles. The molecule has 1 fully saturated rings. The summed E-state index contributed by atoms with van der Waals surface area (Å²) < 4.78 is 0. The second kappa shape index (κ2) is 8.68. The molecule has 2 aromatic rings. The fraction of sp³-hybridized carbons (Fsp3) is 0.450. The minimum atomic E-state index is -0.239. The zero-order chi connectivity index (χ0) is 19.3. The first-order valence-corrected chi connectivity index (χ1v) is 10.7. The van der Waals surface area contributed by atoms with Gasteiger partial charge in [-0.1, -0.05) is 43.9 Å². The van der Waals surface area contributed by atoms with E-state index >= 15 is 0 Å². The van der Waals surface area contributed by atoms with Gasteiger partial charge in [0.1, 0.15) is 10.9 Å². The third kappa shape index (κ3) is 4.49. The highest BCUT2D eigenvalue weighted by atomic mass is 32.2. The second-order valence-electron chi connectivity index (χ2n) is 7.29. The Morgan fingerprint density at radius 3 is 2.79 bits per heavy atom. The molecule has 0 spiro atoms. The van der Waals surface area contributed by atoms with Gasteiger partial charge in [0.2, 0.25) is 5.91 Å². The summed E-state index contributed by atoms with van der Waals surface area (Å²) in [5.41, 5.74) is 1.01. The Hall–Kier alpha value is -2.48. The van der Waals surface area contributed by atoms with Crippen LogP contribution in [0.25, 0.3) is 0 Å². The van der Waals surface area contributed by atoms with Crippen molar-refractivity contribution in [2.45, 2.75) is 49.6 Å². The average Bonchev–Trinajstić information content (AvgIpc) is 2.74. The van der Waals surface area contributed by atoms with Crippen molar-refractivity contribution in [3.05, 3.63) is 42.1 Å². The molecule has 2 N–H and O–H groups in total. The number of aromatic nitrogens is 3. The molecule has 1 atom stereocenters. The largest absolute Gasteiger partial charge is 0.342 e.